The molecule has 0 spiro atoms. The first-order valence-electron chi connectivity index (χ1n) is 5.19. The quantitative estimate of drug-likeness (QED) is 0.710. The average Bonchev–Trinajstić information content (AvgIpc) is 2.47. The molecule has 16 heavy (non-hydrogen) atoms. The Hall–Kier alpha value is -0.410. The number of hydrogen-bond acceptors (Lipinski definition) is 1. The molecular formula is C13H13Br2N. The Kier molecular flexibility index (Phi) is 3.98. The zero-order valence-corrected chi connectivity index (χ0v) is 12.3. The van der Waals surface area contributed by atoms with E-state index in [0.717, 1.165) is 17.2 Å². The predicted octanol–water partition coefficient (Wildman–Crippen LogP) is 4.31. The van der Waals surface area contributed by atoms with Gasteiger partial charge in [-0.15, -0.1) is 0 Å². The molecule has 1 nitrogen and oxygen atoms in total. The first kappa shape index (κ1) is 12.1. The fourth-order valence-corrected chi connectivity index (χ4v) is 2.86. The van der Waals surface area contributed by atoms with Gasteiger partial charge in [-0.05, 0) is 41.3 Å². The van der Waals surface area contributed by atoms with Gasteiger partial charge in [-0.1, -0.05) is 43.5 Å². The number of hydrogen-bond donors (Lipinski definition) is 0. The number of benzene rings is 1. The number of nitrogens with zero attached hydrogens (tertiary/aromatic N) is 1. The highest BCUT2D eigenvalue weighted by molar-refractivity contribution is 9.09. The van der Waals surface area contributed by atoms with Crippen molar-refractivity contribution in [2.45, 2.75) is 17.6 Å². The molecule has 1 aromatic rings. The van der Waals surface area contributed by atoms with E-state index in [1.54, 1.807) is 0 Å². The number of alkyl halides is 2. The van der Waals surface area contributed by atoms with E-state index in [4.69, 9.17) is 0 Å². The molecule has 0 saturated carbocycles. The van der Waals surface area contributed by atoms with E-state index in [1.807, 2.05) is 6.21 Å². The molecule has 0 saturated heterocycles. The average molecular weight is 343 g/mol. The lowest BCUT2D eigenvalue weighted by atomic mass is 9.99. The first-order chi connectivity index (χ1) is 7.74. The monoisotopic (exact) mass is 341 g/mol. The minimum atomic E-state index is 0.808. The predicted molar refractivity (Wildman–Crippen MR) is 77.8 cm³/mol. The minimum Gasteiger partial charge on any atom is -0.288 e. The second-order valence-electron chi connectivity index (χ2n) is 3.98. The molecule has 0 aromatic heterocycles. The van der Waals surface area contributed by atoms with E-state index in [9.17, 15) is 0 Å². The summed E-state index contributed by atoms with van der Waals surface area (Å²) in [5.41, 5.74) is 6.47. The molecule has 1 heterocycles. The smallest absolute Gasteiger partial charge is 0.0600 e. The molecule has 84 valence electrons. The van der Waals surface area contributed by atoms with Gasteiger partial charge in [0, 0.05) is 16.9 Å². The Bertz CT molecular complexity index is 461. The summed E-state index contributed by atoms with van der Waals surface area (Å²) in [6, 6.07) is 4.47. The Labute approximate surface area is 113 Å². The van der Waals surface area contributed by atoms with Crippen molar-refractivity contribution in [2.24, 2.45) is 4.99 Å². The lowest BCUT2D eigenvalue weighted by Crippen LogP contribution is -1.95. The molecule has 1 aliphatic heterocycles. The largest absolute Gasteiger partial charge is 0.288 e. The van der Waals surface area contributed by atoms with Crippen molar-refractivity contribution in [3.8, 4) is 0 Å². The molecule has 0 fully saturated rings. The molecule has 0 N–H and O–H groups in total. The molecule has 0 radical (unpaired) electrons. The van der Waals surface area contributed by atoms with Crippen LogP contribution in [0.1, 0.15) is 29.2 Å². The molecular weight excluding hydrogens is 330 g/mol. The van der Waals surface area contributed by atoms with Crippen molar-refractivity contribution in [1.82, 2.24) is 0 Å². The van der Waals surface area contributed by atoms with Gasteiger partial charge in [0.1, 0.15) is 0 Å². The third-order valence-electron chi connectivity index (χ3n) is 2.67. The maximum Gasteiger partial charge on any atom is 0.0600 e. The maximum atomic E-state index is 4.40. The van der Waals surface area contributed by atoms with Gasteiger partial charge in [0.05, 0.1) is 6.54 Å². The van der Waals surface area contributed by atoms with E-state index in [0.29, 0.717) is 0 Å². The fourth-order valence-electron chi connectivity index (χ4n) is 1.81. The van der Waals surface area contributed by atoms with Crippen molar-refractivity contribution in [1.29, 1.82) is 0 Å². The van der Waals surface area contributed by atoms with E-state index >= 15 is 0 Å². The highest BCUT2D eigenvalue weighted by Crippen LogP contribution is 2.24. The molecule has 0 bridgehead atoms. The molecule has 0 amide bonds. The van der Waals surface area contributed by atoms with Gasteiger partial charge >= 0.3 is 0 Å². The highest BCUT2D eigenvalue weighted by Gasteiger charge is 2.08. The van der Waals surface area contributed by atoms with E-state index in [1.165, 1.54) is 27.8 Å². The third-order valence-corrected chi connectivity index (χ3v) is 3.87. The molecule has 1 aromatic carbocycles. The van der Waals surface area contributed by atoms with Gasteiger partial charge in [-0.25, -0.2) is 0 Å². The standard InChI is InChI=1S/C13H13Br2N/c1-9-2-10-3-11(5-14)12(6-15)4-13(10)8-16-7-9/h2-4,8H,5-7H2,1H3. The van der Waals surface area contributed by atoms with E-state index in [2.05, 4.69) is 62.0 Å². The second-order valence-corrected chi connectivity index (χ2v) is 5.10. The number of fused-ring (bicyclic) bond motifs is 1. The second kappa shape index (κ2) is 5.28. The molecule has 0 unspecified atom stereocenters. The molecule has 0 atom stereocenters. The lowest BCUT2D eigenvalue weighted by Gasteiger charge is -2.09. The molecule has 3 heteroatoms. The number of rotatable bonds is 2. The summed E-state index contributed by atoms with van der Waals surface area (Å²) in [5, 5.41) is 1.78. The zero-order valence-electron chi connectivity index (χ0n) is 9.13. The zero-order chi connectivity index (χ0) is 11.5. The molecule has 0 aliphatic carbocycles. The summed E-state index contributed by atoms with van der Waals surface area (Å²) in [6.45, 7) is 2.93. The van der Waals surface area contributed by atoms with E-state index in [-0.39, 0.29) is 0 Å². The van der Waals surface area contributed by atoms with Crippen LogP contribution in [-0.4, -0.2) is 12.8 Å². The number of aliphatic imine (C=N–C) groups is 1. The van der Waals surface area contributed by atoms with Crippen LogP contribution in [0.4, 0.5) is 0 Å². The van der Waals surface area contributed by atoms with Crippen LogP contribution in [0.5, 0.6) is 0 Å². The van der Waals surface area contributed by atoms with Crippen LogP contribution in [0, 0.1) is 0 Å². The van der Waals surface area contributed by atoms with Crippen LogP contribution in [-0.2, 0) is 10.7 Å². The summed E-state index contributed by atoms with van der Waals surface area (Å²) in [7, 11) is 0. The Balaban J connectivity index is 2.58. The first-order valence-corrected chi connectivity index (χ1v) is 7.43. The highest BCUT2D eigenvalue weighted by atomic mass is 79.9. The van der Waals surface area contributed by atoms with Crippen LogP contribution in [0.2, 0.25) is 0 Å². The van der Waals surface area contributed by atoms with Gasteiger partial charge in [-0.3, -0.25) is 4.99 Å². The van der Waals surface area contributed by atoms with Crippen LogP contribution in [0.15, 0.2) is 22.7 Å². The maximum absolute atomic E-state index is 4.40. The SMILES string of the molecule is CC1=Cc2cc(CBr)c(CBr)cc2C=NC1. The van der Waals surface area contributed by atoms with Crippen molar-refractivity contribution in [3.63, 3.8) is 0 Å². The Morgan fingerprint density at radius 2 is 1.75 bits per heavy atom. The normalized spacial score (nSPS) is 14.3. The third kappa shape index (κ3) is 2.46. The van der Waals surface area contributed by atoms with Crippen molar-refractivity contribution in [2.75, 3.05) is 6.54 Å². The summed E-state index contributed by atoms with van der Waals surface area (Å²) in [4.78, 5) is 4.40. The summed E-state index contributed by atoms with van der Waals surface area (Å²) >= 11 is 7.06. The van der Waals surface area contributed by atoms with Crippen molar-refractivity contribution in [3.05, 3.63) is 40.0 Å². The molecule has 1 aliphatic rings. The summed E-state index contributed by atoms with van der Waals surface area (Å²) in [5.74, 6) is 0. The van der Waals surface area contributed by atoms with Gasteiger partial charge < -0.3 is 0 Å². The topological polar surface area (TPSA) is 12.4 Å². The van der Waals surface area contributed by atoms with Gasteiger partial charge in [0.25, 0.3) is 0 Å². The Morgan fingerprint density at radius 3 is 2.38 bits per heavy atom. The van der Waals surface area contributed by atoms with Crippen molar-refractivity contribution >= 4 is 44.2 Å². The number of halogens is 2. The molecule has 2 rings (SSSR count). The van der Waals surface area contributed by atoms with Gasteiger partial charge in [-0.2, -0.15) is 0 Å². The minimum absolute atomic E-state index is 0.808. The summed E-state index contributed by atoms with van der Waals surface area (Å²) < 4.78 is 0. The van der Waals surface area contributed by atoms with Crippen LogP contribution in [0.3, 0.4) is 0 Å². The van der Waals surface area contributed by atoms with E-state index < -0.39 is 0 Å². The fraction of sp³-hybridized carbons (Fsp3) is 0.308. The van der Waals surface area contributed by atoms with Gasteiger partial charge in [0.15, 0.2) is 0 Å². The van der Waals surface area contributed by atoms with Crippen molar-refractivity contribution < 1.29 is 0 Å². The van der Waals surface area contributed by atoms with Crippen LogP contribution < -0.4 is 0 Å². The van der Waals surface area contributed by atoms with Gasteiger partial charge in [0.2, 0.25) is 0 Å². The van der Waals surface area contributed by atoms with Crippen LogP contribution in [0.25, 0.3) is 6.08 Å². The van der Waals surface area contributed by atoms with Crippen LogP contribution >= 0.6 is 31.9 Å². The lowest BCUT2D eigenvalue weighted by molar-refractivity contribution is 1.16. The summed E-state index contributed by atoms with van der Waals surface area (Å²) in [6.07, 6.45) is 4.21. The Morgan fingerprint density at radius 1 is 1.12 bits per heavy atom.